The van der Waals surface area contributed by atoms with Crippen molar-refractivity contribution < 1.29 is 27.5 Å². The molecule has 44 heavy (non-hydrogen) atoms. The Morgan fingerprint density at radius 3 is 2.09 bits per heavy atom. The molecule has 0 saturated heterocycles. The van der Waals surface area contributed by atoms with E-state index in [-0.39, 0.29) is 34.8 Å². The second kappa shape index (κ2) is 14.6. The average molecular weight is 622 g/mol. The minimum absolute atomic E-state index is 0.0249. The van der Waals surface area contributed by atoms with Crippen LogP contribution in [0.3, 0.4) is 0 Å². The van der Waals surface area contributed by atoms with Crippen molar-refractivity contribution in [3.8, 4) is 11.5 Å². The summed E-state index contributed by atoms with van der Waals surface area (Å²) in [5, 5.41) is 3.14. The standard InChI is InChI=1S/C34H43N3O6S/c1-6-30(34(39)35-27-9-7-8-10-27)36(22-26-15-11-24(2)12-16-26)33(38)23-37(31-21-28(42-4)17-20-32(31)43-5)44(40,41)29-18-13-25(3)14-19-29/h11-21,27,30H,6-10,22-23H2,1-5H3,(H,35,39)/t30-/m1/s1. The summed E-state index contributed by atoms with van der Waals surface area (Å²) in [6, 6.07) is 18.3. The van der Waals surface area contributed by atoms with E-state index in [9.17, 15) is 18.0 Å². The van der Waals surface area contributed by atoms with Crippen molar-refractivity contribution in [2.24, 2.45) is 0 Å². The molecule has 0 spiro atoms. The van der Waals surface area contributed by atoms with E-state index in [1.54, 1.807) is 24.3 Å². The summed E-state index contributed by atoms with van der Waals surface area (Å²) in [6.45, 7) is 5.29. The molecule has 2 amide bonds. The Hall–Kier alpha value is -4.05. The lowest BCUT2D eigenvalue weighted by molar-refractivity contribution is -0.140. The van der Waals surface area contributed by atoms with Gasteiger partial charge in [0.1, 0.15) is 24.1 Å². The molecule has 1 saturated carbocycles. The van der Waals surface area contributed by atoms with Crippen LogP contribution in [0.25, 0.3) is 0 Å². The molecule has 0 aromatic heterocycles. The fraction of sp³-hybridized carbons (Fsp3) is 0.412. The minimum atomic E-state index is -4.26. The minimum Gasteiger partial charge on any atom is -0.497 e. The van der Waals surface area contributed by atoms with Crippen molar-refractivity contribution >= 4 is 27.5 Å². The van der Waals surface area contributed by atoms with Gasteiger partial charge in [-0.05, 0) is 62.9 Å². The third kappa shape index (κ3) is 7.72. The summed E-state index contributed by atoms with van der Waals surface area (Å²) in [4.78, 5) is 29.6. The number of hydrogen-bond acceptors (Lipinski definition) is 6. The first-order chi connectivity index (χ1) is 21.1. The van der Waals surface area contributed by atoms with Gasteiger partial charge in [-0.25, -0.2) is 8.42 Å². The molecule has 1 aliphatic rings. The van der Waals surface area contributed by atoms with Crippen LogP contribution >= 0.6 is 0 Å². The van der Waals surface area contributed by atoms with Crippen molar-refractivity contribution in [3.05, 3.63) is 83.4 Å². The molecule has 10 heteroatoms. The van der Waals surface area contributed by atoms with Crippen LogP contribution in [0.2, 0.25) is 0 Å². The van der Waals surface area contributed by atoms with Crippen molar-refractivity contribution in [2.75, 3.05) is 25.1 Å². The SMILES string of the molecule is CC[C@H](C(=O)NC1CCCC1)N(Cc1ccc(C)cc1)C(=O)CN(c1cc(OC)ccc1OC)S(=O)(=O)c1ccc(C)cc1. The number of carbonyl (C=O) groups excluding carboxylic acids is 2. The Bertz CT molecular complexity index is 1530. The molecule has 1 aliphatic carbocycles. The molecule has 0 radical (unpaired) electrons. The van der Waals surface area contributed by atoms with Crippen molar-refractivity contribution in [2.45, 2.75) is 76.4 Å². The van der Waals surface area contributed by atoms with Crippen LogP contribution in [0.15, 0.2) is 71.6 Å². The van der Waals surface area contributed by atoms with Crippen LogP contribution in [0.1, 0.15) is 55.7 Å². The van der Waals surface area contributed by atoms with Crippen LogP contribution < -0.4 is 19.1 Å². The lowest BCUT2D eigenvalue weighted by Crippen LogP contribution is -2.53. The maximum atomic E-state index is 14.4. The van der Waals surface area contributed by atoms with E-state index in [0.29, 0.717) is 12.2 Å². The van der Waals surface area contributed by atoms with E-state index in [1.165, 1.54) is 37.3 Å². The highest BCUT2D eigenvalue weighted by Gasteiger charge is 2.35. The average Bonchev–Trinajstić information content (AvgIpc) is 3.53. The molecule has 0 aliphatic heterocycles. The number of aryl methyl sites for hydroxylation is 2. The predicted octanol–water partition coefficient (Wildman–Crippen LogP) is 5.38. The highest BCUT2D eigenvalue weighted by atomic mass is 32.2. The van der Waals surface area contributed by atoms with Gasteiger partial charge < -0.3 is 19.7 Å². The topological polar surface area (TPSA) is 105 Å². The first-order valence-electron chi connectivity index (χ1n) is 15.0. The zero-order valence-electron chi connectivity index (χ0n) is 26.2. The van der Waals surface area contributed by atoms with E-state index in [4.69, 9.17) is 9.47 Å². The van der Waals surface area contributed by atoms with Gasteiger partial charge >= 0.3 is 0 Å². The number of methoxy groups -OCH3 is 2. The molecule has 1 N–H and O–H groups in total. The second-order valence-corrected chi connectivity index (χ2v) is 13.1. The van der Waals surface area contributed by atoms with Gasteiger partial charge in [-0.15, -0.1) is 0 Å². The molecule has 0 unspecified atom stereocenters. The fourth-order valence-electron chi connectivity index (χ4n) is 5.52. The fourth-order valence-corrected chi connectivity index (χ4v) is 6.94. The van der Waals surface area contributed by atoms with Gasteiger partial charge in [0.2, 0.25) is 11.8 Å². The van der Waals surface area contributed by atoms with Crippen molar-refractivity contribution in [1.82, 2.24) is 10.2 Å². The van der Waals surface area contributed by atoms with Gasteiger partial charge in [-0.2, -0.15) is 0 Å². The van der Waals surface area contributed by atoms with Gasteiger partial charge in [0.15, 0.2) is 0 Å². The largest absolute Gasteiger partial charge is 0.497 e. The van der Waals surface area contributed by atoms with E-state index >= 15 is 0 Å². The number of carbonyl (C=O) groups is 2. The van der Waals surface area contributed by atoms with Crippen LogP contribution in [-0.4, -0.2) is 58.0 Å². The molecule has 1 fully saturated rings. The maximum Gasteiger partial charge on any atom is 0.264 e. The molecule has 4 rings (SSSR count). The molecule has 9 nitrogen and oxygen atoms in total. The van der Waals surface area contributed by atoms with E-state index < -0.39 is 28.5 Å². The first-order valence-corrected chi connectivity index (χ1v) is 16.5. The Balaban J connectivity index is 1.78. The normalized spacial score (nSPS) is 14.1. The highest BCUT2D eigenvalue weighted by molar-refractivity contribution is 7.92. The van der Waals surface area contributed by atoms with Gasteiger partial charge in [0, 0.05) is 18.7 Å². The van der Waals surface area contributed by atoms with E-state index in [0.717, 1.165) is 46.7 Å². The van der Waals surface area contributed by atoms with Gasteiger partial charge in [0.05, 0.1) is 24.8 Å². The highest BCUT2D eigenvalue weighted by Crippen LogP contribution is 2.36. The Kier molecular flexibility index (Phi) is 10.9. The molecule has 236 valence electrons. The molecular formula is C34H43N3O6S. The smallest absolute Gasteiger partial charge is 0.264 e. The number of benzene rings is 3. The van der Waals surface area contributed by atoms with Gasteiger partial charge in [-0.1, -0.05) is 67.3 Å². The van der Waals surface area contributed by atoms with Gasteiger partial charge in [-0.3, -0.25) is 13.9 Å². The number of ether oxygens (including phenoxy) is 2. The van der Waals surface area contributed by atoms with Crippen molar-refractivity contribution in [3.63, 3.8) is 0 Å². The lowest BCUT2D eigenvalue weighted by atomic mass is 10.1. The zero-order chi connectivity index (χ0) is 31.9. The maximum absolute atomic E-state index is 14.4. The number of rotatable bonds is 13. The summed E-state index contributed by atoms with van der Waals surface area (Å²) in [7, 11) is -1.34. The predicted molar refractivity (Wildman–Crippen MR) is 171 cm³/mol. The van der Waals surface area contributed by atoms with Crippen LogP contribution in [-0.2, 0) is 26.2 Å². The monoisotopic (exact) mass is 621 g/mol. The summed E-state index contributed by atoms with van der Waals surface area (Å²) >= 11 is 0. The van der Waals surface area contributed by atoms with Crippen LogP contribution in [0.5, 0.6) is 11.5 Å². The summed E-state index contributed by atoms with van der Waals surface area (Å²) in [6.07, 6.45) is 4.30. The van der Waals surface area contributed by atoms with Crippen molar-refractivity contribution in [1.29, 1.82) is 0 Å². The van der Waals surface area contributed by atoms with Crippen LogP contribution in [0, 0.1) is 13.8 Å². The molecule has 0 bridgehead atoms. The molecular weight excluding hydrogens is 578 g/mol. The number of anilines is 1. The Labute approximate surface area is 261 Å². The number of sulfonamides is 1. The Morgan fingerprint density at radius 2 is 1.52 bits per heavy atom. The summed E-state index contributed by atoms with van der Waals surface area (Å²) in [5.41, 5.74) is 2.95. The number of amides is 2. The molecule has 1 atom stereocenters. The van der Waals surface area contributed by atoms with E-state index in [2.05, 4.69) is 5.32 Å². The summed E-state index contributed by atoms with van der Waals surface area (Å²) in [5.74, 6) is -0.0899. The Morgan fingerprint density at radius 1 is 0.909 bits per heavy atom. The number of nitrogens with one attached hydrogen (secondary N) is 1. The van der Waals surface area contributed by atoms with E-state index in [1.807, 2.05) is 45.0 Å². The van der Waals surface area contributed by atoms with Crippen LogP contribution in [0.4, 0.5) is 5.69 Å². The first kappa shape index (κ1) is 32.9. The second-order valence-electron chi connectivity index (χ2n) is 11.3. The third-order valence-corrected chi connectivity index (χ3v) is 9.88. The molecule has 0 heterocycles. The number of nitrogens with zero attached hydrogens (tertiary/aromatic N) is 2. The third-order valence-electron chi connectivity index (χ3n) is 8.10. The quantitative estimate of drug-likeness (QED) is 0.275. The van der Waals surface area contributed by atoms with Gasteiger partial charge in [0.25, 0.3) is 10.0 Å². The zero-order valence-corrected chi connectivity index (χ0v) is 27.0. The molecule has 3 aromatic rings. The molecule has 3 aromatic carbocycles. The lowest BCUT2D eigenvalue weighted by Gasteiger charge is -2.34. The summed E-state index contributed by atoms with van der Waals surface area (Å²) < 4.78 is 40.5. The number of hydrogen-bond donors (Lipinski definition) is 1.